The summed E-state index contributed by atoms with van der Waals surface area (Å²) in [4.78, 5) is 26.7. The number of allylic oxidation sites excluding steroid dienone is 2. The molecular weight excluding hydrogens is 480 g/mol. The first kappa shape index (κ1) is 21.1. The van der Waals surface area contributed by atoms with Crippen molar-refractivity contribution < 1.29 is 22.6 Å². The van der Waals surface area contributed by atoms with Gasteiger partial charge in [0.25, 0.3) is 21.5 Å². The molecule has 4 rings (SSSR count). The summed E-state index contributed by atoms with van der Waals surface area (Å²) in [6, 6.07) is 14.3. The first-order chi connectivity index (χ1) is 14.7. The second-order valence-electron chi connectivity index (χ2n) is 7.28. The van der Waals surface area contributed by atoms with E-state index in [1.54, 1.807) is 42.7 Å². The molecule has 0 saturated heterocycles. The molecule has 1 aliphatic carbocycles. The molecule has 1 aromatic heterocycles. The minimum atomic E-state index is -4.11. The van der Waals surface area contributed by atoms with Crippen molar-refractivity contribution in [3.8, 4) is 0 Å². The zero-order valence-corrected chi connectivity index (χ0v) is 19.1. The van der Waals surface area contributed by atoms with Crippen LogP contribution in [0.15, 0.2) is 82.1 Å². The van der Waals surface area contributed by atoms with Crippen molar-refractivity contribution in [2.45, 2.75) is 18.7 Å². The molecule has 2 aromatic carbocycles. The number of aromatic nitrogens is 1. The molecule has 0 aliphatic heterocycles. The second kappa shape index (κ2) is 7.86. The van der Waals surface area contributed by atoms with Crippen molar-refractivity contribution in [2.75, 3.05) is 0 Å². The molecule has 3 aromatic rings. The van der Waals surface area contributed by atoms with E-state index in [9.17, 15) is 18.0 Å². The number of pyridine rings is 1. The summed E-state index contributed by atoms with van der Waals surface area (Å²) in [5.41, 5.74) is 1.82. The predicted octanol–water partition coefficient (Wildman–Crippen LogP) is 3.58. The molecule has 0 amide bonds. The third kappa shape index (κ3) is 3.96. The third-order valence-corrected chi connectivity index (χ3v) is 6.75. The molecule has 6 nitrogen and oxygen atoms in total. The van der Waals surface area contributed by atoms with Gasteiger partial charge in [0, 0.05) is 26.7 Å². The summed E-state index contributed by atoms with van der Waals surface area (Å²) in [6.07, 6.45) is 3.38. The summed E-state index contributed by atoms with van der Waals surface area (Å²) < 4.78 is 30.7. The van der Waals surface area contributed by atoms with Crippen LogP contribution in [0.4, 0.5) is 0 Å². The first-order valence-electron chi connectivity index (χ1n) is 9.38. The van der Waals surface area contributed by atoms with Gasteiger partial charge < -0.3 is 0 Å². The Kier molecular flexibility index (Phi) is 5.36. The van der Waals surface area contributed by atoms with E-state index in [-0.39, 0.29) is 27.4 Å². The van der Waals surface area contributed by atoms with Gasteiger partial charge in [-0.2, -0.15) is 4.57 Å². The average molecular weight is 498 g/mol. The maximum absolute atomic E-state index is 13.4. The Morgan fingerprint density at radius 2 is 1.39 bits per heavy atom. The van der Waals surface area contributed by atoms with E-state index in [0.717, 1.165) is 15.6 Å². The van der Waals surface area contributed by atoms with E-state index < -0.39 is 21.6 Å². The number of hydrogen-bond acceptors (Lipinski definition) is 4. The van der Waals surface area contributed by atoms with Crippen LogP contribution in [0.2, 0.25) is 0 Å². The van der Waals surface area contributed by atoms with Gasteiger partial charge in [-0.25, -0.2) is 8.42 Å². The van der Waals surface area contributed by atoms with Gasteiger partial charge in [-0.15, -0.1) is 0 Å². The van der Waals surface area contributed by atoms with Crippen molar-refractivity contribution in [3.63, 3.8) is 0 Å². The molecule has 0 saturated carbocycles. The molecule has 31 heavy (non-hydrogen) atoms. The highest BCUT2D eigenvalue weighted by Gasteiger charge is 2.40. The molecular formula is C23H18BrN2O4S+. The lowest BCUT2D eigenvalue weighted by Gasteiger charge is -2.18. The van der Waals surface area contributed by atoms with Gasteiger partial charge in [-0.05, 0) is 44.2 Å². The Labute approximate surface area is 188 Å². The number of sulfonamides is 1. The van der Waals surface area contributed by atoms with Gasteiger partial charge in [-0.1, -0.05) is 40.2 Å². The van der Waals surface area contributed by atoms with Crippen LogP contribution < -0.4 is 9.29 Å². The molecule has 1 N–H and O–H groups in total. The number of carbonyl (C=O) groups excluding carboxylic acids is 2. The highest BCUT2D eigenvalue weighted by Crippen LogP contribution is 2.27. The van der Waals surface area contributed by atoms with Gasteiger partial charge in [0.05, 0.1) is 4.90 Å². The predicted molar refractivity (Wildman–Crippen MR) is 119 cm³/mol. The Balaban J connectivity index is 1.94. The van der Waals surface area contributed by atoms with Crippen LogP contribution in [0.5, 0.6) is 0 Å². The molecule has 0 spiro atoms. The number of nitrogens with zero attached hydrogens (tertiary/aromatic N) is 1. The maximum atomic E-state index is 13.4. The quantitative estimate of drug-likeness (QED) is 0.558. The van der Waals surface area contributed by atoms with E-state index in [0.29, 0.717) is 0 Å². The molecule has 0 unspecified atom stereocenters. The van der Waals surface area contributed by atoms with Crippen LogP contribution in [-0.2, 0) is 10.0 Å². The largest absolute Gasteiger partial charge is 0.287 e. The highest BCUT2D eigenvalue weighted by atomic mass is 79.9. The molecule has 0 bridgehead atoms. The zero-order valence-electron chi connectivity index (χ0n) is 16.7. The van der Waals surface area contributed by atoms with Gasteiger partial charge >= 0.3 is 0 Å². The Hall–Kier alpha value is -3.10. The smallest absolute Gasteiger partial charge is 0.287 e. The van der Waals surface area contributed by atoms with E-state index in [1.807, 2.05) is 19.9 Å². The van der Waals surface area contributed by atoms with E-state index in [2.05, 4.69) is 20.7 Å². The summed E-state index contributed by atoms with van der Waals surface area (Å²) >= 11 is 3.27. The number of halogens is 1. The summed E-state index contributed by atoms with van der Waals surface area (Å²) in [7, 11) is -4.11. The Morgan fingerprint density at radius 1 is 0.839 bits per heavy atom. The van der Waals surface area contributed by atoms with Crippen molar-refractivity contribution in [1.82, 2.24) is 4.72 Å². The zero-order chi connectivity index (χ0) is 22.3. The van der Waals surface area contributed by atoms with Crippen molar-refractivity contribution >= 4 is 43.2 Å². The molecule has 8 heteroatoms. The lowest BCUT2D eigenvalue weighted by atomic mass is 9.90. The third-order valence-electron chi connectivity index (χ3n) is 4.85. The van der Waals surface area contributed by atoms with Crippen molar-refractivity contribution in [3.05, 3.63) is 99.4 Å². The Bertz CT molecular complexity index is 1360. The molecule has 0 radical (unpaired) electrons. The first-order valence-corrected chi connectivity index (χ1v) is 11.7. The SMILES string of the molecule is Cc1cc(C)c[n+](C2=C(NS(=O)(=O)c3ccc(Br)cc3)C(=O)c3ccccc3C2=O)c1. The standard InChI is InChI=1S/C23H17BrN2O4S/c1-14-11-15(2)13-26(12-14)21-20(22(27)18-5-3-4-6-19(18)23(21)28)25-31(29,30)17-9-7-16(24)8-10-17/h3-13H,1-2H3/p+1. The fourth-order valence-corrected chi connectivity index (χ4v) is 4.88. The van der Waals surface area contributed by atoms with Crippen LogP contribution in [-0.4, -0.2) is 20.0 Å². The number of Topliss-reactive ketones (excluding diaryl/α,β-unsaturated/α-hetero) is 2. The van der Waals surface area contributed by atoms with E-state index in [4.69, 9.17) is 0 Å². The van der Waals surface area contributed by atoms with Crippen LogP contribution in [0, 0.1) is 13.8 Å². The van der Waals surface area contributed by atoms with Crippen molar-refractivity contribution in [1.29, 1.82) is 0 Å². The van der Waals surface area contributed by atoms with Crippen LogP contribution in [0.1, 0.15) is 31.8 Å². The fraction of sp³-hybridized carbons (Fsp3) is 0.0870. The minimum Gasteiger partial charge on any atom is -0.287 e. The van der Waals surface area contributed by atoms with Gasteiger partial charge in [0.2, 0.25) is 5.78 Å². The molecule has 1 heterocycles. The lowest BCUT2D eigenvalue weighted by molar-refractivity contribution is -0.578. The Morgan fingerprint density at radius 3 is 1.97 bits per heavy atom. The highest BCUT2D eigenvalue weighted by molar-refractivity contribution is 9.10. The van der Waals surface area contributed by atoms with Crippen LogP contribution in [0.25, 0.3) is 5.70 Å². The van der Waals surface area contributed by atoms with Crippen molar-refractivity contribution in [2.24, 2.45) is 0 Å². The molecule has 1 aliphatic rings. The lowest BCUT2D eigenvalue weighted by Crippen LogP contribution is -2.45. The number of benzene rings is 2. The van der Waals surface area contributed by atoms with Gasteiger partial charge in [0.15, 0.2) is 18.1 Å². The molecule has 156 valence electrons. The minimum absolute atomic E-state index is 0.0212. The number of hydrogen-bond donors (Lipinski definition) is 1. The summed E-state index contributed by atoms with van der Waals surface area (Å²) in [5.74, 6) is -0.990. The topological polar surface area (TPSA) is 84.2 Å². The maximum Gasteiger partial charge on any atom is 0.287 e. The number of fused-ring (bicyclic) bond motifs is 1. The van der Waals surface area contributed by atoms with Gasteiger partial charge in [0.1, 0.15) is 0 Å². The second-order valence-corrected chi connectivity index (χ2v) is 9.88. The summed E-state index contributed by atoms with van der Waals surface area (Å²) in [5, 5.41) is 0. The number of ketones is 2. The fourth-order valence-electron chi connectivity index (χ4n) is 3.55. The molecule has 0 atom stereocenters. The van der Waals surface area contributed by atoms with E-state index >= 15 is 0 Å². The van der Waals surface area contributed by atoms with Gasteiger partial charge in [-0.3, -0.25) is 14.3 Å². The number of rotatable bonds is 4. The average Bonchev–Trinajstić information content (AvgIpc) is 2.71. The monoisotopic (exact) mass is 497 g/mol. The van der Waals surface area contributed by atoms with E-state index in [1.165, 1.54) is 22.8 Å². The number of aryl methyl sites for hydroxylation is 2. The molecule has 0 fully saturated rings. The van der Waals surface area contributed by atoms with Crippen LogP contribution >= 0.6 is 15.9 Å². The number of carbonyl (C=O) groups is 2. The van der Waals surface area contributed by atoms with Crippen LogP contribution in [0.3, 0.4) is 0 Å². The normalized spacial score (nSPS) is 13.9. The summed E-state index contributed by atoms with van der Waals surface area (Å²) in [6.45, 7) is 3.72. The number of nitrogens with one attached hydrogen (secondary N) is 1.